The number of nitrogens with two attached hydrogens (primary N) is 1. The number of unbranched alkanes of at least 4 members (excludes halogenated alkanes) is 1. The van der Waals surface area contributed by atoms with E-state index in [1.54, 1.807) is 6.92 Å². The van der Waals surface area contributed by atoms with Gasteiger partial charge in [-0.15, -0.1) is 0 Å². The maximum Gasteiger partial charge on any atom is 0.129 e. The highest BCUT2D eigenvalue weighted by molar-refractivity contribution is 7.99. The normalized spacial score (nSPS) is 10.0. The second-order valence-corrected chi connectivity index (χ2v) is 3.78. The summed E-state index contributed by atoms with van der Waals surface area (Å²) in [6, 6.07) is 0. The van der Waals surface area contributed by atoms with Crippen molar-refractivity contribution in [2.75, 3.05) is 18.1 Å². The molecule has 2 nitrogen and oxygen atoms in total. The molecule has 0 saturated heterocycles. The lowest BCUT2D eigenvalue weighted by molar-refractivity contribution is -0.117. The fraction of sp³-hybridized carbons (Fsp3) is 0.875. The number of Topliss-reactive ketones (excluding diaryl/α,β-unsaturated/α-hetero) is 1. The highest BCUT2D eigenvalue weighted by Gasteiger charge is 1.93. The topological polar surface area (TPSA) is 43.1 Å². The zero-order chi connectivity index (χ0) is 8.53. The number of rotatable bonds is 7. The summed E-state index contributed by atoms with van der Waals surface area (Å²) >= 11 is 1.87. The van der Waals surface area contributed by atoms with E-state index in [4.69, 9.17) is 5.73 Å². The third-order valence-corrected chi connectivity index (χ3v) is 2.43. The molecule has 0 amide bonds. The van der Waals surface area contributed by atoms with Gasteiger partial charge in [-0.05, 0) is 25.5 Å². The van der Waals surface area contributed by atoms with Crippen LogP contribution in [0.25, 0.3) is 0 Å². The Labute approximate surface area is 72.9 Å². The van der Waals surface area contributed by atoms with Crippen molar-refractivity contribution < 1.29 is 4.79 Å². The van der Waals surface area contributed by atoms with Crippen LogP contribution in [0.15, 0.2) is 0 Å². The van der Waals surface area contributed by atoms with Crippen molar-refractivity contribution in [2.45, 2.75) is 26.2 Å². The van der Waals surface area contributed by atoms with Crippen LogP contribution < -0.4 is 5.73 Å². The standard InChI is InChI=1S/C8H17NOS/c1-8(10)4-2-3-6-11-7-5-9/h2-7,9H2,1H3. The molecule has 0 aliphatic heterocycles. The highest BCUT2D eigenvalue weighted by Crippen LogP contribution is 2.05. The first-order chi connectivity index (χ1) is 5.27. The van der Waals surface area contributed by atoms with Gasteiger partial charge in [0.05, 0.1) is 0 Å². The molecule has 0 bridgehead atoms. The van der Waals surface area contributed by atoms with Gasteiger partial charge in [0.1, 0.15) is 5.78 Å². The Hall–Kier alpha value is -0.0200. The quantitative estimate of drug-likeness (QED) is 0.595. The van der Waals surface area contributed by atoms with E-state index in [0.29, 0.717) is 5.78 Å². The number of hydrogen-bond acceptors (Lipinski definition) is 3. The summed E-state index contributed by atoms with van der Waals surface area (Å²) in [5, 5.41) is 0. The Kier molecular flexibility index (Phi) is 8.07. The van der Waals surface area contributed by atoms with Crippen LogP contribution in [0.5, 0.6) is 0 Å². The summed E-state index contributed by atoms with van der Waals surface area (Å²) in [6.07, 6.45) is 2.92. The first kappa shape index (κ1) is 11.0. The molecule has 0 rings (SSSR count). The number of hydrogen-bond donors (Lipinski definition) is 1. The van der Waals surface area contributed by atoms with E-state index in [9.17, 15) is 4.79 Å². The number of thioether (sulfide) groups is 1. The van der Waals surface area contributed by atoms with Crippen LogP contribution in [0.2, 0.25) is 0 Å². The third-order valence-electron chi connectivity index (χ3n) is 1.33. The zero-order valence-corrected chi connectivity index (χ0v) is 7.95. The molecular weight excluding hydrogens is 158 g/mol. The zero-order valence-electron chi connectivity index (χ0n) is 7.14. The molecule has 0 aliphatic carbocycles. The van der Waals surface area contributed by atoms with Crippen molar-refractivity contribution in [3.8, 4) is 0 Å². The van der Waals surface area contributed by atoms with Gasteiger partial charge in [0, 0.05) is 18.7 Å². The first-order valence-electron chi connectivity index (χ1n) is 4.04. The Morgan fingerprint density at radius 3 is 2.64 bits per heavy atom. The second-order valence-electron chi connectivity index (χ2n) is 2.56. The van der Waals surface area contributed by atoms with Crippen molar-refractivity contribution in [1.29, 1.82) is 0 Å². The fourth-order valence-corrected chi connectivity index (χ4v) is 1.54. The van der Waals surface area contributed by atoms with E-state index in [-0.39, 0.29) is 0 Å². The molecule has 0 fully saturated rings. The summed E-state index contributed by atoms with van der Waals surface area (Å²) < 4.78 is 0. The molecule has 0 radical (unpaired) electrons. The summed E-state index contributed by atoms with van der Waals surface area (Å²) in [5.41, 5.74) is 5.32. The van der Waals surface area contributed by atoms with Crippen molar-refractivity contribution in [3.05, 3.63) is 0 Å². The third kappa shape index (κ3) is 9.98. The first-order valence-corrected chi connectivity index (χ1v) is 5.20. The van der Waals surface area contributed by atoms with E-state index in [1.165, 1.54) is 0 Å². The van der Waals surface area contributed by atoms with Crippen molar-refractivity contribution in [2.24, 2.45) is 5.73 Å². The van der Waals surface area contributed by atoms with Crippen molar-refractivity contribution >= 4 is 17.5 Å². The summed E-state index contributed by atoms with van der Waals surface area (Å²) in [6.45, 7) is 2.41. The molecular formula is C8H17NOS. The number of ketones is 1. The Bertz CT molecular complexity index is 106. The maximum absolute atomic E-state index is 10.5. The van der Waals surface area contributed by atoms with Crippen LogP contribution >= 0.6 is 11.8 Å². The lowest BCUT2D eigenvalue weighted by Crippen LogP contribution is -2.01. The van der Waals surface area contributed by atoms with Crippen molar-refractivity contribution in [3.63, 3.8) is 0 Å². The predicted octanol–water partition coefficient (Wildman–Crippen LogP) is 1.44. The van der Waals surface area contributed by atoms with Gasteiger partial charge in [0.15, 0.2) is 0 Å². The van der Waals surface area contributed by atoms with Crippen LogP contribution in [0.3, 0.4) is 0 Å². The van der Waals surface area contributed by atoms with Gasteiger partial charge in [-0.2, -0.15) is 11.8 Å². The average molecular weight is 175 g/mol. The summed E-state index contributed by atoms with van der Waals surface area (Å²) in [7, 11) is 0. The fourth-order valence-electron chi connectivity index (χ4n) is 0.763. The largest absolute Gasteiger partial charge is 0.330 e. The van der Waals surface area contributed by atoms with Gasteiger partial charge >= 0.3 is 0 Å². The van der Waals surface area contributed by atoms with Crippen LogP contribution in [-0.4, -0.2) is 23.8 Å². The molecule has 11 heavy (non-hydrogen) atoms. The van der Waals surface area contributed by atoms with Gasteiger partial charge < -0.3 is 10.5 Å². The van der Waals surface area contributed by atoms with E-state index >= 15 is 0 Å². The van der Waals surface area contributed by atoms with Gasteiger partial charge in [0.2, 0.25) is 0 Å². The maximum atomic E-state index is 10.5. The summed E-state index contributed by atoms with van der Waals surface area (Å²) in [5.74, 6) is 2.48. The molecule has 0 spiro atoms. The van der Waals surface area contributed by atoms with E-state index in [0.717, 1.165) is 37.3 Å². The van der Waals surface area contributed by atoms with Crippen LogP contribution in [-0.2, 0) is 4.79 Å². The highest BCUT2D eigenvalue weighted by atomic mass is 32.2. The minimum Gasteiger partial charge on any atom is -0.330 e. The SMILES string of the molecule is CC(=O)CCCCSCCN. The molecule has 0 heterocycles. The lowest BCUT2D eigenvalue weighted by Gasteiger charge is -1.97. The van der Waals surface area contributed by atoms with Gasteiger partial charge in [-0.3, -0.25) is 0 Å². The van der Waals surface area contributed by atoms with Gasteiger partial charge in [-0.25, -0.2) is 0 Å². The van der Waals surface area contributed by atoms with Gasteiger partial charge in [-0.1, -0.05) is 0 Å². The Balaban J connectivity index is 2.85. The van der Waals surface area contributed by atoms with Crippen LogP contribution in [0, 0.1) is 0 Å². The van der Waals surface area contributed by atoms with E-state index < -0.39 is 0 Å². The molecule has 0 saturated carbocycles. The predicted molar refractivity (Wildman–Crippen MR) is 50.9 cm³/mol. The van der Waals surface area contributed by atoms with Crippen molar-refractivity contribution in [1.82, 2.24) is 0 Å². The number of carbonyl (C=O) groups excluding carboxylic acids is 1. The smallest absolute Gasteiger partial charge is 0.129 e. The average Bonchev–Trinajstić information content (AvgIpc) is 1.96. The van der Waals surface area contributed by atoms with E-state index in [1.807, 2.05) is 11.8 Å². The number of carbonyl (C=O) groups is 1. The molecule has 0 aromatic carbocycles. The van der Waals surface area contributed by atoms with Crippen LogP contribution in [0.1, 0.15) is 26.2 Å². The molecule has 2 N–H and O–H groups in total. The monoisotopic (exact) mass is 175 g/mol. The lowest BCUT2D eigenvalue weighted by atomic mass is 10.2. The van der Waals surface area contributed by atoms with Crippen LogP contribution in [0.4, 0.5) is 0 Å². The molecule has 0 atom stereocenters. The molecule has 0 unspecified atom stereocenters. The summed E-state index contributed by atoms with van der Waals surface area (Å²) in [4.78, 5) is 10.5. The minimum absolute atomic E-state index is 0.300. The Morgan fingerprint density at radius 2 is 2.09 bits per heavy atom. The molecule has 0 aromatic rings. The Morgan fingerprint density at radius 1 is 1.36 bits per heavy atom. The molecule has 66 valence electrons. The molecule has 0 aromatic heterocycles. The van der Waals surface area contributed by atoms with E-state index in [2.05, 4.69) is 0 Å². The molecule has 3 heteroatoms. The second kappa shape index (κ2) is 8.08. The minimum atomic E-state index is 0.300. The van der Waals surface area contributed by atoms with Gasteiger partial charge in [0.25, 0.3) is 0 Å². The molecule has 0 aliphatic rings.